The molecule has 2 unspecified atom stereocenters. The van der Waals surface area contributed by atoms with E-state index in [-0.39, 0.29) is 19.2 Å². The average Bonchev–Trinajstić information content (AvgIpc) is 3.01. The lowest BCUT2D eigenvalue weighted by atomic mass is 10.0. The quantitative estimate of drug-likeness (QED) is 0.801. The van der Waals surface area contributed by atoms with Crippen LogP contribution in [0.3, 0.4) is 0 Å². The average molecular weight is 292 g/mol. The molecule has 6 nitrogen and oxygen atoms in total. The minimum Gasteiger partial charge on any atom is -0.394 e. The Morgan fingerprint density at radius 1 is 1.05 bits per heavy atom. The number of hydrogen-bond donors (Lipinski definition) is 2. The van der Waals surface area contributed by atoms with Crippen LogP contribution in [0.15, 0.2) is 0 Å². The lowest BCUT2D eigenvalue weighted by Crippen LogP contribution is -2.24. The summed E-state index contributed by atoms with van der Waals surface area (Å²) in [5.41, 5.74) is 0. The predicted octanol–water partition coefficient (Wildman–Crippen LogP) is 0.895. The maximum absolute atomic E-state index is 9.13. The Kier molecular flexibility index (Phi) is 7.94. The molecule has 20 heavy (non-hydrogen) atoms. The standard InChI is InChI=1S/C8H16O2.C6H12O4/c1-4-7-6(2)5-8(9-3)10-7;1-9-6-2-4(8)5(3-7)10-6/h6-8H,4-5H2,1-3H3;4-8H,2-3H2,1H3/t6-,7+,8?;4-,5+,6?/m00/s1. The molecule has 2 aliphatic rings. The lowest BCUT2D eigenvalue weighted by molar-refractivity contribution is -0.127. The van der Waals surface area contributed by atoms with Gasteiger partial charge in [-0.3, -0.25) is 0 Å². The van der Waals surface area contributed by atoms with Crippen LogP contribution in [0.1, 0.15) is 33.1 Å². The molecule has 0 saturated carbocycles. The first-order valence-corrected chi connectivity index (χ1v) is 7.21. The van der Waals surface area contributed by atoms with Crippen molar-refractivity contribution in [3.05, 3.63) is 0 Å². The molecule has 2 saturated heterocycles. The van der Waals surface area contributed by atoms with Gasteiger partial charge in [-0.2, -0.15) is 0 Å². The van der Waals surface area contributed by atoms with Gasteiger partial charge in [-0.1, -0.05) is 13.8 Å². The van der Waals surface area contributed by atoms with Crippen molar-refractivity contribution >= 4 is 0 Å². The van der Waals surface area contributed by atoms with Gasteiger partial charge in [0.1, 0.15) is 6.10 Å². The maximum atomic E-state index is 9.13. The smallest absolute Gasteiger partial charge is 0.160 e. The van der Waals surface area contributed by atoms with Crippen LogP contribution in [0, 0.1) is 5.92 Å². The van der Waals surface area contributed by atoms with E-state index in [0.717, 1.165) is 12.8 Å². The van der Waals surface area contributed by atoms with E-state index in [4.69, 9.17) is 29.2 Å². The summed E-state index contributed by atoms with van der Waals surface area (Å²) in [5.74, 6) is 0.662. The van der Waals surface area contributed by atoms with Crippen molar-refractivity contribution in [3.8, 4) is 0 Å². The highest BCUT2D eigenvalue weighted by atomic mass is 16.7. The van der Waals surface area contributed by atoms with Crippen molar-refractivity contribution < 1.29 is 29.2 Å². The molecule has 0 aliphatic carbocycles. The van der Waals surface area contributed by atoms with Crippen LogP contribution in [-0.4, -0.2) is 61.9 Å². The largest absolute Gasteiger partial charge is 0.394 e. The molecule has 0 aromatic heterocycles. The number of ether oxygens (including phenoxy) is 4. The molecule has 2 heterocycles. The van der Waals surface area contributed by atoms with Gasteiger partial charge in [0.15, 0.2) is 12.6 Å². The van der Waals surface area contributed by atoms with E-state index in [1.165, 1.54) is 7.11 Å². The second kappa shape index (κ2) is 8.92. The predicted molar refractivity (Wildman–Crippen MR) is 73.1 cm³/mol. The fourth-order valence-electron chi connectivity index (χ4n) is 2.50. The number of aliphatic hydroxyl groups is 2. The minimum atomic E-state index is -0.588. The van der Waals surface area contributed by atoms with Crippen molar-refractivity contribution in [1.82, 2.24) is 0 Å². The summed E-state index contributed by atoms with van der Waals surface area (Å²) in [6, 6.07) is 0. The highest BCUT2D eigenvalue weighted by Gasteiger charge is 2.33. The second-order valence-electron chi connectivity index (χ2n) is 5.29. The van der Waals surface area contributed by atoms with Gasteiger partial charge >= 0.3 is 0 Å². The summed E-state index contributed by atoms with van der Waals surface area (Å²) in [6.07, 6.45) is 1.66. The van der Waals surface area contributed by atoms with Gasteiger partial charge in [-0.15, -0.1) is 0 Å². The Bertz CT molecular complexity index is 236. The summed E-state index contributed by atoms with van der Waals surface area (Å²) in [4.78, 5) is 0. The molecule has 0 amide bonds. The molecule has 0 aromatic rings. The molecule has 2 fully saturated rings. The van der Waals surface area contributed by atoms with Gasteiger partial charge in [0, 0.05) is 27.1 Å². The van der Waals surface area contributed by atoms with Crippen LogP contribution in [0.4, 0.5) is 0 Å². The van der Waals surface area contributed by atoms with E-state index in [1.807, 2.05) is 0 Å². The molecule has 6 heteroatoms. The summed E-state index contributed by atoms with van der Waals surface area (Å²) in [6.45, 7) is 4.22. The van der Waals surface area contributed by atoms with Gasteiger partial charge in [0.2, 0.25) is 0 Å². The molecule has 0 spiro atoms. The van der Waals surface area contributed by atoms with E-state index in [9.17, 15) is 0 Å². The van der Waals surface area contributed by atoms with E-state index < -0.39 is 12.2 Å². The van der Waals surface area contributed by atoms with Gasteiger partial charge in [0.05, 0.1) is 18.8 Å². The van der Waals surface area contributed by atoms with Crippen LogP contribution in [0.2, 0.25) is 0 Å². The number of aliphatic hydroxyl groups excluding tert-OH is 2. The Labute approximate surface area is 121 Å². The molecular weight excluding hydrogens is 264 g/mol. The van der Waals surface area contributed by atoms with Gasteiger partial charge in [-0.05, 0) is 12.3 Å². The van der Waals surface area contributed by atoms with E-state index in [1.54, 1.807) is 7.11 Å². The van der Waals surface area contributed by atoms with Crippen molar-refractivity contribution in [2.75, 3.05) is 20.8 Å². The van der Waals surface area contributed by atoms with Crippen molar-refractivity contribution in [2.45, 2.75) is 64.0 Å². The highest BCUT2D eigenvalue weighted by molar-refractivity contribution is 4.76. The van der Waals surface area contributed by atoms with E-state index in [2.05, 4.69) is 13.8 Å². The third-order valence-corrected chi connectivity index (χ3v) is 3.82. The van der Waals surface area contributed by atoms with Crippen LogP contribution in [-0.2, 0) is 18.9 Å². The molecule has 2 N–H and O–H groups in total. The van der Waals surface area contributed by atoms with Crippen molar-refractivity contribution in [2.24, 2.45) is 5.92 Å². The molecule has 2 rings (SSSR count). The van der Waals surface area contributed by atoms with Crippen LogP contribution in [0.5, 0.6) is 0 Å². The zero-order valence-corrected chi connectivity index (χ0v) is 12.8. The first-order valence-electron chi connectivity index (χ1n) is 7.21. The lowest BCUT2D eigenvalue weighted by Gasteiger charge is -2.11. The highest BCUT2D eigenvalue weighted by Crippen LogP contribution is 2.27. The fraction of sp³-hybridized carbons (Fsp3) is 1.00. The fourth-order valence-corrected chi connectivity index (χ4v) is 2.50. The summed E-state index contributed by atoms with van der Waals surface area (Å²) in [7, 11) is 3.21. The Hall–Kier alpha value is -0.240. The number of hydrogen-bond acceptors (Lipinski definition) is 6. The SMILES string of the molecule is CC[C@H]1OC(OC)C[C@@H]1C.COC1C[C@H](O)[C@@H](CO)O1. The van der Waals surface area contributed by atoms with Gasteiger partial charge in [-0.25, -0.2) is 0 Å². The van der Waals surface area contributed by atoms with Crippen molar-refractivity contribution in [3.63, 3.8) is 0 Å². The maximum Gasteiger partial charge on any atom is 0.160 e. The third kappa shape index (κ3) is 4.95. The normalized spacial score (nSPS) is 40.5. The van der Waals surface area contributed by atoms with Crippen LogP contribution >= 0.6 is 0 Å². The summed E-state index contributed by atoms with van der Waals surface area (Å²) >= 11 is 0. The second-order valence-corrected chi connectivity index (χ2v) is 5.29. The summed E-state index contributed by atoms with van der Waals surface area (Å²) in [5, 5.41) is 17.7. The third-order valence-electron chi connectivity index (χ3n) is 3.82. The van der Waals surface area contributed by atoms with Gasteiger partial charge < -0.3 is 29.2 Å². The Morgan fingerprint density at radius 3 is 1.90 bits per heavy atom. The zero-order valence-electron chi connectivity index (χ0n) is 12.8. The number of rotatable bonds is 4. The van der Waals surface area contributed by atoms with E-state index in [0.29, 0.717) is 18.4 Å². The van der Waals surface area contributed by atoms with Gasteiger partial charge in [0.25, 0.3) is 0 Å². The first-order chi connectivity index (χ1) is 9.55. The molecule has 0 radical (unpaired) electrons. The zero-order chi connectivity index (χ0) is 15.1. The Balaban J connectivity index is 0.000000200. The minimum absolute atomic E-state index is 0.0555. The molecule has 0 aromatic carbocycles. The molecule has 6 atom stereocenters. The van der Waals surface area contributed by atoms with Crippen molar-refractivity contribution in [1.29, 1.82) is 0 Å². The molecule has 0 bridgehead atoms. The molecule has 2 aliphatic heterocycles. The van der Waals surface area contributed by atoms with Crippen LogP contribution < -0.4 is 0 Å². The number of methoxy groups -OCH3 is 2. The summed E-state index contributed by atoms with van der Waals surface area (Å²) < 4.78 is 20.5. The Morgan fingerprint density at radius 2 is 1.60 bits per heavy atom. The van der Waals surface area contributed by atoms with E-state index >= 15 is 0 Å². The monoisotopic (exact) mass is 292 g/mol. The van der Waals surface area contributed by atoms with Crippen LogP contribution in [0.25, 0.3) is 0 Å². The topological polar surface area (TPSA) is 77.4 Å². The molecule has 120 valence electrons. The first kappa shape index (κ1) is 17.8. The molecular formula is C14H28O6.